The fourth-order valence-electron chi connectivity index (χ4n) is 2.99. The van der Waals surface area contributed by atoms with Gasteiger partial charge in [0.05, 0.1) is 12.8 Å². The number of hydrogen-bond acceptors (Lipinski definition) is 5. The molecule has 0 bridgehead atoms. The van der Waals surface area contributed by atoms with Crippen LogP contribution in [0.5, 0.6) is 5.88 Å². The van der Waals surface area contributed by atoms with Crippen molar-refractivity contribution in [2.75, 3.05) is 13.7 Å². The van der Waals surface area contributed by atoms with Crippen LogP contribution in [0.4, 0.5) is 0 Å². The van der Waals surface area contributed by atoms with E-state index in [1.807, 2.05) is 6.07 Å². The van der Waals surface area contributed by atoms with Gasteiger partial charge >= 0.3 is 0 Å². The molecule has 6 nitrogen and oxygen atoms in total. The molecule has 7 heteroatoms. The van der Waals surface area contributed by atoms with Crippen LogP contribution in [0, 0.1) is 0 Å². The molecule has 1 aliphatic rings. The summed E-state index contributed by atoms with van der Waals surface area (Å²) in [6.07, 6.45) is 2.43. The molecule has 25 heavy (non-hydrogen) atoms. The van der Waals surface area contributed by atoms with Crippen LogP contribution in [0.25, 0.3) is 0 Å². The van der Waals surface area contributed by atoms with Gasteiger partial charge in [0.15, 0.2) is 0 Å². The minimum atomic E-state index is -0.187. The standard InChI is InChI=1S/C18H23BrN4O2/c1-18(2,3)17-21-14-10-23(6-5-13(14)15(24)22-17)9-11-7-12(19)8-20-16(11)25-4/h7-8H,5-6,9-10H2,1-4H3,(H,21,22,24). The number of ether oxygens (including phenoxy) is 1. The first-order valence-corrected chi connectivity index (χ1v) is 9.10. The summed E-state index contributed by atoms with van der Waals surface area (Å²) in [5.74, 6) is 1.36. The van der Waals surface area contributed by atoms with Crippen molar-refractivity contribution in [3.63, 3.8) is 0 Å². The molecule has 3 rings (SSSR count). The Balaban J connectivity index is 1.87. The van der Waals surface area contributed by atoms with Crippen molar-refractivity contribution in [3.05, 3.63) is 49.7 Å². The molecule has 0 atom stereocenters. The van der Waals surface area contributed by atoms with Gasteiger partial charge in [0.25, 0.3) is 5.56 Å². The highest BCUT2D eigenvalue weighted by atomic mass is 79.9. The number of nitrogens with zero attached hydrogens (tertiary/aromatic N) is 3. The molecule has 0 unspecified atom stereocenters. The highest BCUT2D eigenvalue weighted by Gasteiger charge is 2.25. The number of H-pyrrole nitrogens is 1. The summed E-state index contributed by atoms with van der Waals surface area (Å²) in [6.45, 7) is 8.32. The first-order valence-electron chi connectivity index (χ1n) is 8.31. The van der Waals surface area contributed by atoms with Crippen LogP contribution < -0.4 is 10.3 Å². The molecule has 0 saturated heterocycles. The van der Waals surface area contributed by atoms with Gasteiger partial charge in [-0.25, -0.2) is 9.97 Å². The van der Waals surface area contributed by atoms with E-state index in [9.17, 15) is 4.79 Å². The summed E-state index contributed by atoms with van der Waals surface area (Å²) in [5, 5.41) is 0. The quantitative estimate of drug-likeness (QED) is 0.848. The van der Waals surface area contributed by atoms with Crippen molar-refractivity contribution >= 4 is 15.9 Å². The maximum atomic E-state index is 12.4. The van der Waals surface area contributed by atoms with E-state index in [1.165, 1.54) is 0 Å². The molecule has 1 N–H and O–H groups in total. The Hall–Kier alpha value is -1.73. The fraction of sp³-hybridized carbons (Fsp3) is 0.500. The number of pyridine rings is 1. The van der Waals surface area contributed by atoms with E-state index in [4.69, 9.17) is 9.72 Å². The lowest BCUT2D eigenvalue weighted by Crippen LogP contribution is -2.36. The van der Waals surface area contributed by atoms with E-state index < -0.39 is 0 Å². The average Bonchev–Trinajstić information content (AvgIpc) is 2.54. The minimum Gasteiger partial charge on any atom is -0.481 e. The fourth-order valence-corrected chi connectivity index (χ4v) is 3.37. The maximum absolute atomic E-state index is 12.4. The monoisotopic (exact) mass is 406 g/mol. The van der Waals surface area contributed by atoms with E-state index in [1.54, 1.807) is 13.3 Å². The second-order valence-corrected chi connectivity index (χ2v) is 8.29. The summed E-state index contributed by atoms with van der Waals surface area (Å²) >= 11 is 3.46. The van der Waals surface area contributed by atoms with Gasteiger partial charge in [0.2, 0.25) is 5.88 Å². The third-order valence-electron chi connectivity index (χ3n) is 4.34. The molecule has 0 amide bonds. The van der Waals surface area contributed by atoms with Gasteiger partial charge < -0.3 is 9.72 Å². The number of aromatic nitrogens is 3. The Labute approximate surface area is 155 Å². The van der Waals surface area contributed by atoms with Crippen LogP contribution >= 0.6 is 15.9 Å². The molecule has 2 aromatic heterocycles. The molecule has 0 saturated carbocycles. The molecular formula is C18H23BrN4O2. The molecular weight excluding hydrogens is 384 g/mol. The van der Waals surface area contributed by atoms with Crippen LogP contribution in [-0.2, 0) is 24.9 Å². The lowest BCUT2D eigenvalue weighted by molar-refractivity contribution is 0.234. The molecule has 1 aliphatic heterocycles. The Bertz CT molecular complexity index is 842. The number of aromatic amines is 1. The van der Waals surface area contributed by atoms with Crippen molar-refractivity contribution < 1.29 is 4.74 Å². The van der Waals surface area contributed by atoms with Crippen LogP contribution in [0.2, 0.25) is 0 Å². The predicted octanol–water partition coefficient (Wildman–Crippen LogP) is 2.79. The Morgan fingerprint density at radius 2 is 2.16 bits per heavy atom. The van der Waals surface area contributed by atoms with Gasteiger partial charge in [0, 0.05) is 46.8 Å². The third-order valence-corrected chi connectivity index (χ3v) is 4.78. The van der Waals surface area contributed by atoms with Crippen molar-refractivity contribution in [3.8, 4) is 5.88 Å². The van der Waals surface area contributed by atoms with E-state index in [0.717, 1.165) is 33.7 Å². The van der Waals surface area contributed by atoms with E-state index in [2.05, 4.69) is 51.6 Å². The van der Waals surface area contributed by atoms with Crippen molar-refractivity contribution in [1.29, 1.82) is 0 Å². The first-order chi connectivity index (χ1) is 11.8. The molecule has 0 spiro atoms. The summed E-state index contributed by atoms with van der Waals surface area (Å²) in [4.78, 5) is 26.7. The van der Waals surface area contributed by atoms with Crippen LogP contribution in [0.1, 0.15) is 43.4 Å². The van der Waals surface area contributed by atoms with Gasteiger partial charge in [-0.1, -0.05) is 20.8 Å². The Kier molecular flexibility index (Phi) is 4.97. The Morgan fingerprint density at radius 1 is 1.40 bits per heavy atom. The number of hydrogen-bond donors (Lipinski definition) is 1. The molecule has 134 valence electrons. The highest BCUT2D eigenvalue weighted by molar-refractivity contribution is 9.10. The molecule has 0 aromatic carbocycles. The number of halogens is 1. The Morgan fingerprint density at radius 3 is 2.84 bits per heavy atom. The lowest BCUT2D eigenvalue weighted by Gasteiger charge is -2.29. The highest BCUT2D eigenvalue weighted by Crippen LogP contribution is 2.25. The summed E-state index contributed by atoms with van der Waals surface area (Å²) < 4.78 is 6.29. The number of methoxy groups -OCH3 is 1. The minimum absolute atomic E-state index is 0.00345. The number of fused-ring (bicyclic) bond motifs is 1. The predicted molar refractivity (Wildman–Crippen MR) is 99.9 cm³/mol. The number of nitrogens with one attached hydrogen (secondary N) is 1. The van der Waals surface area contributed by atoms with Crippen molar-refractivity contribution in [2.45, 2.75) is 45.7 Å². The zero-order chi connectivity index (χ0) is 18.2. The molecule has 0 fully saturated rings. The summed E-state index contributed by atoms with van der Waals surface area (Å²) in [7, 11) is 1.63. The lowest BCUT2D eigenvalue weighted by atomic mass is 9.95. The molecule has 3 heterocycles. The van der Waals surface area contributed by atoms with Gasteiger partial charge in [-0.15, -0.1) is 0 Å². The van der Waals surface area contributed by atoms with E-state index in [0.29, 0.717) is 25.4 Å². The van der Waals surface area contributed by atoms with E-state index >= 15 is 0 Å². The summed E-state index contributed by atoms with van der Waals surface area (Å²) in [6, 6.07) is 2.02. The van der Waals surface area contributed by atoms with Gasteiger partial charge in [0.1, 0.15) is 5.82 Å². The van der Waals surface area contributed by atoms with Gasteiger partial charge in [-0.2, -0.15) is 0 Å². The van der Waals surface area contributed by atoms with Gasteiger partial charge in [-0.05, 0) is 28.4 Å². The van der Waals surface area contributed by atoms with Crippen molar-refractivity contribution in [2.24, 2.45) is 0 Å². The second kappa shape index (κ2) is 6.88. The number of rotatable bonds is 3. The molecule has 2 aromatic rings. The second-order valence-electron chi connectivity index (χ2n) is 7.37. The maximum Gasteiger partial charge on any atom is 0.254 e. The van der Waals surface area contributed by atoms with Crippen LogP contribution in [-0.4, -0.2) is 33.5 Å². The summed E-state index contributed by atoms with van der Waals surface area (Å²) in [5.41, 5.74) is 2.51. The average molecular weight is 407 g/mol. The third kappa shape index (κ3) is 3.93. The molecule has 0 aliphatic carbocycles. The molecule has 0 radical (unpaired) electrons. The smallest absolute Gasteiger partial charge is 0.254 e. The SMILES string of the molecule is COc1ncc(Br)cc1CN1CCc2c(nc(C(C)(C)C)[nH]c2=O)C1. The normalized spacial score (nSPS) is 15.1. The zero-order valence-electron chi connectivity index (χ0n) is 15.0. The topological polar surface area (TPSA) is 71.1 Å². The van der Waals surface area contributed by atoms with E-state index in [-0.39, 0.29) is 11.0 Å². The first kappa shape index (κ1) is 18.1. The largest absolute Gasteiger partial charge is 0.481 e. The van der Waals surface area contributed by atoms with Crippen LogP contribution in [0.3, 0.4) is 0 Å². The van der Waals surface area contributed by atoms with Crippen molar-refractivity contribution in [1.82, 2.24) is 19.9 Å². The van der Waals surface area contributed by atoms with Crippen LogP contribution in [0.15, 0.2) is 21.5 Å². The van der Waals surface area contributed by atoms with Gasteiger partial charge in [-0.3, -0.25) is 9.69 Å². The zero-order valence-corrected chi connectivity index (χ0v) is 16.6.